The van der Waals surface area contributed by atoms with Crippen molar-refractivity contribution in [1.82, 2.24) is 10.5 Å². The molecule has 0 saturated heterocycles. The number of aromatic nitrogens is 1. The number of aryl methyl sites for hydroxylation is 1. The SMILES string of the molecule is CCNC(=S)c1cc(C)on1. The Morgan fingerprint density at radius 1 is 1.82 bits per heavy atom. The van der Waals surface area contributed by atoms with Gasteiger partial charge in [0.1, 0.15) is 16.4 Å². The summed E-state index contributed by atoms with van der Waals surface area (Å²) in [5, 5.41) is 6.74. The van der Waals surface area contributed by atoms with E-state index in [0.29, 0.717) is 10.7 Å². The van der Waals surface area contributed by atoms with Crippen molar-refractivity contribution in [3.05, 3.63) is 17.5 Å². The number of nitrogens with zero attached hydrogens (tertiary/aromatic N) is 1. The van der Waals surface area contributed by atoms with Gasteiger partial charge < -0.3 is 9.84 Å². The summed E-state index contributed by atoms with van der Waals surface area (Å²) < 4.78 is 4.85. The summed E-state index contributed by atoms with van der Waals surface area (Å²) in [7, 11) is 0. The molecular formula is C7H10N2OS. The summed E-state index contributed by atoms with van der Waals surface area (Å²) in [6.07, 6.45) is 0. The Labute approximate surface area is 70.8 Å². The van der Waals surface area contributed by atoms with Gasteiger partial charge in [-0.3, -0.25) is 0 Å². The minimum absolute atomic E-state index is 0.643. The lowest BCUT2D eigenvalue weighted by Gasteiger charge is -1.98. The average molecular weight is 170 g/mol. The third-order valence-corrected chi connectivity index (χ3v) is 1.55. The first-order valence-electron chi connectivity index (χ1n) is 3.45. The van der Waals surface area contributed by atoms with E-state index in [1.807, 2.05) is 19.9 Å². The molecule has 0 bridgehead atoms. The molecule has 1 aromatic rings. The van der Waals surface area contributed by atoms with Gasteiger partial charge in [0.25, 0.3) is 0 Å². The van der Waals surface area contributed by atoms with Crippen LogP contribution in [0, 0.1) is 6.92 Å². The van der Waals surface area contributed by atoms with Crippen LogP contribution in [0.3, 0.4) is 0 Å². The van der Waals surface area contributed by atoms with E-state index in [1.165, 1.54) is 0 Å². The van der Waals surface area contributed by atoms with Crippen LogP contribution < -0.4 is 5.32 Å². The van der Waals surface area contributed by atoms with Crippen molar-refractivity contribution in [1.29, 1.82) is 0 Å². The maximum absolute atomic E-state index is 5.00. The molecule has 0 aliphatic carbocycles. The molecule has 0 radical (unpaired) electrons. The summed E-state index contributed by atoms with van der Waals surface area (Å²) in [5.74, 6) is 0.778. The highest BCUT2D eigenvalue weighted by molar-refractivity contribution is 7.80. The molecule has 0 aliphatic rings. The first-order chi connectivity index (χ1) is 5.24. The van der Waals surface area contributed by atoms with Gasteiger partial charge in [-0.1, -0.05) is 17.4 Å². The molecule has 1 heterocycles. The van der Waals surface area contributed by atoms with E-state index >= 15 is 0 Å². The van der Waals surface area contributed by atoms with Crippen molar-refractivity contribution < 1.29 is 4.52 Å². The molecule has 0 spiro atoms. The molecule has 0 fully saturated rings. The predicted molar refractivity (Wildman–Crippen MR) is 46.6 cm³/mol. The lowest BCUT2D eigenvalue weighted by Crippen LogP contribution is -2.21. The summed E-state index contributed by atoms with van der Waals surface area (Å²) in [6, 6.07) is 1.81. The topological polar surface area (TPSA) is 38.1 Å². The second kappa shape index (κ2) is 3.48. The Morgan fingerprint density at radius 3 is 3.00 bits per heavy atom. The summed E-state index contributed by atoms with van der Waals surface area (Å²) in [4.78, 5) is 0.643. The predicted octanol–water partition coefficient (Wildman–Crippen LogP) is 1.27. The Morgan fingerprint density at radius 2 is 2.55 bits per heavy atom. The molecule has 1 N–H and O–H groups in total. The van der Waals surface area contributed by atoms with E-state index in [0.717, 1.165) is 12.3 Å². The summed E-state index contributed by atoms with van der Waals surface area (Å²) in [6.45, 7) is 4.63. The number of hydrogen-bond acceptors (Lipinski definition) is 3. The fraction of sp³-hybridized carbons (Fsp3) is 0.429. The molecule has 0 amide bonds. The largest absolute Gasteiger partial charge is 0.375 e. The van der Waals surface area contributed by atoms with Gasteiger partial charge in [-0.25, -0.2) is 0 Å². The number of rotatable bonds is 2. The lowest BCUT2D eigenvalue weighted by atomic mass is 10.4. The third-order valence-electron chi connectivity index (χ3n) is 1.20. The zero-order valence-electron chi connectivity index (χ0n) is 6.55. The molecule has 4 heteroatoms. The van der Waals surface area contributed by atoms with Crippen molar-refractivity contribution in [2.24, 2.45) is 0 Å². The van der Waals surface area contributed by atoms with E-state index in [1.54, 1.807) is 0 Å². The van der Waals surface area contributed by atoms with Crippen LogP contribution in [0.4, 0.5) is 0 Å². The minimum atomic E-state index is 0.643. The van der Waals surface area contributed by atoms with Crippen LogP contribution in [0.15, 0.2) is 10.6 Å². The van der Waals surface area contributed by atoms with Gasteiger partial charge in [0.15, 0.2) is 0 Å². The lowest BCUT2D eigenvalue weighted by molar-refractivity contribution is 0.396. The quantitative estimate of drug-likeness (QED) is 0.678. The van der Waals surface area contributed by atoms with E-state index in [-0.39, 0.29) is 0 Å². The van der Waals surface area contributed by atoms with Crippen LogP contribution in [-0.4, -0.2) is 16.7 Å². The highest BCUT2D eigenvalue weighted by atomic mass is 32.1. The molecule has 1 rings (SSSR count). The highest BCUT2D eigenvalue weighted by Crippen LogP contribution is 2.01. The Bertz CT molecular complexity index is 257. The molecule has 0 unspecified atom stereocenters. The van der Waals surface area contributed by atoms with E-state index in [4.69, 9.17) is 16.7 Å². The molecular weight excluding hydrogens is 160 g/mol. The second-order valence-electron chi connectivity index (χ2n) is 2.18. The normalized spacial score (nSPS) is 9.64. The van der Waals surface area contributed by atoms with E-state index in [9.17, 15) is 0 Å². The minimum Gasteiger partial charge on any atom is -0.375 e. The van der Waals surface area contributed by atoms with Gasteiger partial charge in [-0.2, -0.15) is 0 Å². The smallest absolute Gasteiger partial charge is 0.141 e. The molecule has 11 heavy (non-hydrogen) atoms. The maximum atomic E-state index is 5.00. The molecule has 1 aromatic heterocycles. The van der Waals surface area contributed by atoms with Crippen molar-refractivity contribution in [3.63, 3.8) is 0 Å². The fourth-order valence-electron chi connectivity index (χ4n) is 0.725. The van der Waals surface area contributed by atoms with Crippen molar-refractivity contribution in [3.8, 4) is 0 Å². The highest BCUT2D eigenvalue weighted by Gasteiger charge is 2.03. The summed E-state index contributed by atoms with van der Waals surface area (Å²) in [5.41, 5.74) is 0.708. The van der Waals surface area contributed by atoms with Crippen LogP contribution in [0.2, 0.25) is 0 Å². The number of nitrogens with one attached hydrogen (secondary N) is 1. The van der Waals surface area contributed by atoms with Gasteiger partial charge in [0, 0.05) is 12.6 Å². The van der Waals surface area contributed by atoms with Crippen LogP contribution in [0.5, 0.6) is 0 Å². The van der Waals surface area contributed by atoms with Crippen molar-refractivity contribution in [2.45, 2.75) is 13.8 Å². The Hall–Kier alpha value is -0.900. The van der Waals surface area contributed by atoms with Crippen LogP contribution in [0.1, 0.15) is 18.4 Å². The monoisotopic (exact) mass is 170 g/mol. The number of thiocarbonyl (C=S) groups is 1. The van der Waals surface area contributed by atoms with Crippen LogP contribution in [0.25, 0.3) is 0 Å². The van der Waals surface area contributed by atoms with Crippen molar-refractivity contribution in [2.75, 3.05) is 6.54 Å². The Kier molecular flexibility index (Phi) is 2.59. The maximum Gasteiger partial charge on any atom is 0.141 e. The van der Waals surface area contributed by atoms with Gasteiger partial charge in [0.2, 0.25) is 0 Å². The van der Waals surface area contributed by atoms with Crippen LogP contribution in [-0.2, 0) is 0 Å². The third kappa shape index (κ3) is 2.01. The first kappa shape index (κ1) is 8.20. The standard InChI is InChI=1S/C7H10N2OS/c1-3-8-7(11)6-4-5(2)10-9-6/h4H,3H2,1-2H3,(H,8,11). The van der Waals surface area contributed by atoms with Gasteiger partial charge in [-0.05, 0) is 13.8 Å². The molecule has 3 nitrogen and oxygen atoms in total. The zero-order chi connectivity index (χ0) is 8.27. The first-order valence-corrected chi connectivity index (χ1v) is 3.86. The molecule has 0 saturated carbocycles. The average Bonchev–Trinajstić information content (AvgIpc) is 2.36. The van der Waals surface area contributed by atoms with Crippen LogP contribution >= 0.6 is 12.2 Å². The Balaban J connectivity index is 2.69. The van der Waals surface area contributed by atoms with Gasteiger partial charge in [-0.15, -0.1) is 0 Å². The fourth-order valence-corrected chi connectivity index (χ4v) is 0.965. The summed E-state index contributed by atoms with van der Waals surface area (Å²) >= 11 is 5.00. The van der Waals surface area contributed by atoms with E-state index in [2.05, 4.69) is 10.5 Å². The molecule has 0 aliphatic heterocycles. The molecule has 60 valence electrons. The van der Waals surface area contributed by atoms with Crippen molar-refractivity contribution >= 4 is 17.2 Å². The van der Waals surface area contributed by atoms with Gasteiger partial charge in [0.05, 0.1) is 0 Å². The molecule has 0 atom stereocenters. The van der Waals surface area contributed by atoms with Gasteiger partial charge >= 0.3 is 0 Å². The second-order valence-corrected chi connectivity index (χ2v) is 2.59. The number of hydrogen-bond donors (Lipinski definition) is 1. The van der Waals surface area contributed by atoms with E-state index < -0.39 is 0 Å². The zero-order valence-corrected chi connectivity index (χ0v) is 7.36. The molecule has 0 aromatic carbocycles.